The van der Waals surface area contributed by atoms with Crippen LogP contribution >= 0.6 is 34.8 Å². The normalized spacial score (nSPS) is 35.8. The van der Waals surface area contributed by atoms with Crippen LogP contribution < -0.4 is 0 Å². The first-order valence-corrected chi connectivity index (χ1v) is 5.94. The van der Waals surface area contributed by atoms with E-state index in [-0.39, 0.29) is 0 Å². The number of alkyl halides is 3. The second-order valence-electron chi connectivity index (χ2n) is 3.67. The zero-order valence-corrected chi connectivity index (χ0v) is 11.3. The van der Waals surface area contributed by atoms with E-state index in [0.717, 1.165) is 0 Å². The molecule has 8 nitrogen and oxygen atoms in total. The fourth-order valence-electron chi connectivity index (χ4n) is 1.27. The van der Waals surface area contributed by atoms with Crippen LogP contribution in [0.4, 0.5) is 0 Å². The summed E-state index contributed by atoms with van der Waals surface area (Å²) < 4.78 is 6.57. The van der Waals surface area contributed by atoms with E-state index in [0.29, 0.717) is 0 Å². The molecule has 0 aliphatic carbocycles. The molecule has 1 fully saturated rings. The van der Waals surface area contributed by atoms with E-state index in [4.69, 9.17) is 40.2 Å². The number of aliphatic hydroxyl groups excluding tert-OH is 4. The molecular formula is C8H10Cl3NO7. The first kappa shape index (κ1) is 16.9. The maximum atomic E-state index is 11.5. The van der Waals surface area contributed by atoms with Gasteiger partial charge in [-0.05, 0) is 0 Å². The van der Waals surface area contributed by atoms with E-state index >= 15 is 0 Å². The summed E-state index contributed by atoms with van der Waals surface area (Å²) in [4.78, 5) is 11.5. The smallest absolute Gasteiger partial charge is 0.344 e. The van der Waals surface area contributed by atoms with Crippen molar-refractivity contribution < 1.29 is 34.7 Å². The molecule has 11 heteroatoms. The van der Waals surface area contributed by atoms with E-state index in [1.54, 1.807) is 0 Å². The highest BCUT2D eigenvalue weighted by atomic mass is 35.6. The van der Waals surface area contributed by atoms with Crippen LogP contribution in [-0.2, 0) is 14.3 Å². The van der Waals surface area contributed by atoms with Crippen molar-refractivity contribution in [2.45, 2.75) is 34.5 Å². The largest absolute Gasteiger partial charge is 0.405 e. The molecule has 110 valence electrons. The monoisotopic (exact) mass is 337 g/mol. The number of hydrogen-bond acceptors (Lipinski definition) is 8. The van der Waals surface area contributed by atoms with Crippen LogP contribution in [0, 0.1) is 5.41 Å². The summed E-state index contributed by atoms with van der Waals surface area (Å²) in [6.07, 6.45) is -9.29. The quantitative estimate of drug-likeness (QED) is 0.173. The first-order chi connectivity index (χ1) is 8.55. The Kier molecular flexibility index (Phi) is 5.38. The first-order valence-electron chi connectivity index (χ1n) is 4.81. The van der Waals surface area contributed by atoms with Gasteiger partial charge in [-0.1, -0.05) is 34.8 Å². The Hall–Kier alpha value is -0.190. The van der Waals surface area contributed by atoms with Gasteiger partial charge in [0.2, 0.25) is 5.90 Å². The molecule has 0 aromatic rings. The van der Waals surface area contributed by atoms with Crippen LogP contribution in [0.2, 0.25) is 0 Å². The van der Waals surface area contributed by atoms with Gasteiger partial charge in [0.15, 0.2) is 12.4 Å². The minimum atomic E-state index is -2.30. The van der Waals surface area contributed by atoms with Gasteiger partial charge in [0.25, 0.3) is 3.79 Å². The lowest BCUT2D eigenvalue weighted by atomic mass is 9.99. The summed E-state index contributed by atoms with van der Waals surface area (Å²) in [5.74, 6) is -2.41. The second kappa shape index (κ2) is 6.06. The average molecular weight is 339 g/mol. The third-order valence-electron chi connectivity index (χ3n) is 2.28. The number of esters is 1. The van der Waals surface area contributed by atoms with E-state index in [9.17, 15) is 25.2 Å². The van der Waals surface area contributed by atoms with Gasteiger partial charge < -0.3 is 29.9 Å². The lowest BCUT2D eigenvalue weighted by Crippen LogP contribution is -2.60. The molecule has 0 amide bonds. The van der Waals surface area contributed by atoms with Crippen LogP contribution in [-0.4, -0.2) is 66.8 Å². The molecule has 1 aliphatic rings. The van der Waals surface area contributed by atoms with Gasteiger partial charge in [-0.2, -0.15) is 0 Å². The Labute approximate surface area is 121 Å². The number of aliphatic hydroxyl groups is 4. The number of ether oxygens (including phenoxy) is 2. The van der Waals surface area contributed by atoms with E-state index < -0.39 is 46.4 Å². The number of hydrogen-bond donors (Lipinski definition) is 5. The average Bonchev–Trinajstić information content (AvgIpc) is 2.29. The molecule has 5 N–H and O–H groups in total. The Balaban J connectivity index is 2.74. The third kappa shape index (κ3) is 3.89. The Morgan fingerprint density at radius 1 is 1.11 bits per heavy atom. The zero-order chi connectivity index (χ0) is 15.0. The van der Waals surface area contributed by atoms with Gasteiger partial charge in [-0.3, -0.25) is 5.41 Å². The highest BCUT2D eigenvalue weighted by Gasteiger charge is 2.48. The SMILES string of the molecule is N=C(OC(=O)[C@H]1O[C@@H](O)[C@H](O)[C@@H](O)[C@@H]1O)C(Cl)(Cl)Cl. The zero-order valence-electron chi connectivity index (χ0n) is 9.03. The number of carbonyl (C=O) groups is 1. The van der Waals surface area contributed by atoms with Crippen LogP contribution in [0.25, 0.3) is 0 Å². The van der Waals surface area contributed by atoms with Crippen LogP contribution in [0.1, 0.15) is 0 Å². The standard InChI is InChI=1S/C8H10Cl3NO7/c9-8(10,11)7(12)19-6(17)4-2(14)1(13)3(15)5(16)18-4/h1-5,12-16H/t1-,2-,3+,4-,5+/m0/s1. The van der Waals surface area contributed by atoms with Gasteiger partial charge >= 0.3 is 5.97 Å². The summed E-state index contributed by atoms with van der Waals surface area (Å²) >= 11 is 15.8. The van der Waals surface area contributed by atoms with Crippen molar-refractivity contribution in [1.29, 1.82) is 5.41 Å². The Bertz CT molecular complexity index is 374. The number of carbonyl (C=O) groups excluding carboxylic acids is 1. The van der Waals surface area contributed by atoms with Gasteiger partial charge in [-0.15, -0.1) is 0 Å². The molecule has 0 spiro atoms. The van der Waals surface area contributed by atoms with Crippen molar-refractivity contribution in [3.8, 4) is 0 Å². The molecule has 0 saturated carbocycles. The highest BCUT2D eigenvalue weighted by Crippen LogP contribution is 2.28. The second-order valence-corrected chi connectivity index (χ2v) is 5.95. The predicted molar refractivity (Wildman–Crippen MR) is 63.0 cm³/mol. The van der Waals surface area contributed by atoms with Gasteiger partial charge in [0.05, 0.1) is 0 Å². The molecule has 1 aliphatic heterocycles. The molecule has 19 heavy (non-hydrogen) atoms. The van der Waals surface area contributed by atoms with E-state index in [1.165, 1.54) is 0 Å². The number of rotatable bonds is 1. The molecular weight excluding hydrogens is 328 g/mol. The molecule has 0 unspecified atom stereocenters. The number of nitrogens with one attached hydrogen (secondary N) is 1. The molecule has 1 rings (SSSR count). The number of halogens is 3. The fourth-order valence-corrected chi connectivity index (χ4v) is 1.39. The molecule has 1 heterocycles. The van der Waals surface area contributed by atoms with Crippen molar-refractivity contribution in [2.75, 3.05) is 0 Å². The summed E-state index contributed by atoms with van der Waals surface area (Å²) in [5.41, 5.74) is 0. The summed E-state index contributed by atoms with van der Waals surface area (Å²) in [6.45, 7) is 0. The minimum absolute atomic E-state index is 1.05. The van der Waals surface area contributed by atoms with Crippen LogP contribution in [0.3, 0.4) is 0 Å². The molecule has 0 bridgehead atoms. The molecule has 5 atom stereocenters. The maximum absolute atomic E-state index is 11.5. The third-order valence-corrected chi connectivity index (χ3v) is 2.80. The Morgan fingerprint density at radius 3 is 2.11 bits per heavy atom. The van der Waals surface area contributed by atoms with Gasteiger partial charge in [-0.25, -0.2) is 4.79 Å². The van der Waals surface area contributed by atoms with Crippen LogP contribution in [0.5, 0.6) is 0 Å². The lowest BCUT2D eigenvalue weighted by Gasteiger charge is -2.36. The van der Waals surface area contributed by atoms with Gasteiger partial charge in [0, 0.05) is 0 Å². The summed E-state index contributed by atoms with van der Waals surface area (Å²) in [5, 5.41) is 44.4. The van der Waals surface area contributed by atoms with Crippen molar-refractivity contribution in [3.63, 3.8) is 0 Å². The topological polar surface area (TPSA) is 140 Å². The molecule has 0 aromatic carbocycles. The summed E-state index contributed by atoms with van der Waals surface area (Å²) in [6, 6.07) is 0. The van der Waals surface area contributed by atoms with Crippen molar-refractivity contribution >= 4 is 46.7 Å². The van der Waals surface area contributed by atoms with Crippen LogP contribution in [0.15, 0.2) is 0 Å². The maximum Gasteiger partial charge on any atom is 0.344 e. The highest BCUT2D eigenvalue weighted by molar-refractivity contribution is 6.76. The Morgan fingerprint density at radius 2 is 1.63 bits per heavy atom. The van der Waals surface area contributed by atoms with Crippen molar-refractivity contribution in [3.05, 3.63) is 0 Å². The molecule has 1 saturated heterocycles. The molecule has 0 radical (unpaired) electrons. The van der Waals surface area contributed by atoms with Gasteiger partial charge in [0.1, 0.15) is 18.3 Å². The fraction of sp³-hybridized carbons (Fsp3) is 0.750. The lowest BCUT2D eigenvalue weighted by molar-refractivity contribution is -0.279. The predicted octanol–water partition coefficient (Wildman–Crippen LogP) is -1.32. The molecule has 0 aromatic heterocycles. The minimum Gasteiger partial charge on any atom is -0.405 e. The van der Waals surface area contributed by atoms with Crippen molar-refractivity contribution in [2.24, 2.45) is 0 Å². The van der Waals surface area contributed by atoms with Crippen molar-refractivity contribution in [1.82, 2.24) is 0 Å². The van der Waals surface area contributed by atoms with E-state index in [1.807, 2.05) is 0 Å². The van der Waals surface area contributed by atoms with E-state index in [2.05, 4.69) is 9.47 Å². The summed E-state index contributed by atoms with van der Waals surface area (Å²) in [7, 11) is 0.